The van der Waals surface area contributed by atoms with Gasteiger partial charge in [0, 0.05) is 33.5 Å². The Kier molecular flexibility index (Phi) is 13.2. The second-order valence-electron chi connectivity index (χ2n) is 9.59. The molecule has 0 radical (unpaired) electrons. The first-order valence-corrected chi connectivity index (χ1v) is 13.2. The second-order valence-corrected chi connectivity index (χ2v) is 9.59. The standard InChI is InChI=1S/C29H38F4N2O4/c1-4-10-28(37)39-20-22-13-15-26(35(2)3)25(18-22)34-27(36)11-8-6-5-7-9-16-38-19-21-12-14-23(24(30)17-21)29(31,32)33/h12-15,17-18H,4-11,16,19-20H2,1-3H3,(H,34,36). The van der Waals surface area contributed by atoms with E-state index < -0.39 is 17.6 Å². The lowest BCUT2D eigenvalue weighted by Crippen LogP contribution is -2.17. The summed E-state index contributed by atoms with van der Waals surface area (Å²) in [6.07, 6.45) is 0.901. The van der Waals surface area contributed by atoms with Gasteiger partial charge in [0.15, 0.2) is 0 Å². The average Bonchev–Trinajstić information content (AvgIpc) is 2.86. The SMILES string of the molecule is CCCC(=O)OCc1ccc(N(C)C)c(NC(=O)CCCCCCCOCc2ccc(C(F)(F)F)c(F)c2)c1. The summed E-state index contributed by atoms with van der Waals surface area (Å²) in [6.45, 7) is 2.53. The molecule has 1 amide bonds. The molecule has 39 heavy (non-hydrogen) atoms. The van der Waals surface area contributed by atoms with Gasteiger partial charge >= 0.3 is 12.1 Å². The van der Waals surface area contributed by atoms with E-state index in [1.807, 2.05) is 44.1 Å². The summed E-state index contributed by atoms with van der Waals surface area (Å²) < 4.78 is 62.2. The van der Waals surface area contributed by atoms with Gasteiger partial charge in [-0.25, -0.2) is 4.39 Å². The lowest BCUT2D eigenvalue weighted by atomic mass is 10.1. The van der Waals surface area contributed by atoms with Crippen LogP contribution in [0.5, 0.6) is 0 Å². The number of amides is 1. The molecule has 0 bridgehead atoms. The quantitative estimate of drug-likeness (QED) is 0.135. The normalized spacial score (nSPS) is 11.4. The fourth-order valence-electron chi connectivity index (χ4n) is 3.90. The molecule has 2 aromatic rings. The molecule has 0 atom stereocenters. The zero-order valence-corrected chi connectivity index (χ0v) is 22.8. The third-order valence-electron chi connectivity index (χ3n) is 5.97. The third-order valence-corrected chi connectivity index (χ3v) is 5.97. The predicted molar refractivity (Wildman–Crippen MR) is 143 cm³/mol. The summed E-state index contributed by atoms with van der Waals surface area (Å²) in [5.74, 6) is -1.64. The number of ether oxygens (including phenoxy) is 2. The Morgan fingerprint density at radius 3 is 2.23 bits per heavy atom. The van der Waals surface area contributed by atoms with Crippen LogP contribution in [0.1, 0.15) is 75.0 Å². The molecule has 10 heteroatoms. The number of unbranched alkanes of at least 4 members (excludes halogenated alkanes) is 4. The molecule has 0 aromatic heterocycles. The van der Waals surface area contributed by atoms with E-state index in [-0.39, 0.29) is 25.1 Å². The minimum Gasteiger partial charge on any atom is -0.461 e. The van der Waals surface area contributed by atoms with Gasteiger partial charge in [-0.15, -0.1) is 0 Å². The van der Waals surface area contributed by atoms with Gasteiger partial charge in [0.2, 0.25) is 5.91 Å². The van der Waals surface area contributed by atoms with Crippen LogP contribution in [0.25, 0.3) is 0 Å². The van der Waals surface area contributed by atoms with Crippen LogP contribution in [0, 0.1) is 5.82 Å². The van der Waals surface area contributed by atoms with Crippen molar-refractivity contribution in [2.75, 3.05) is 30.9 Å². The van der Waals surface area contributed by atoms with Crippen molar-refractivity contribution in [3.63, 3.8) is 0 Å². The number of anilines is 2. The number of hydrogen-bond acceptors (Lipinski definition) is 5. The lowest BCUT2D eigenvalue weighted by Gasteiger charge is -2.19. The molecule has 6 nitrogen and oxygen atoms in total. The minimum atomic E-state index is -4.71. The molecule has 0 unspecified atom stereocenters. The first kappa shape index (κ1) is 32.1. The van der Waals surface area contributed by atoms with Gasteiger partial charge in [0.1, 0.15) is 12.4 Å². The maximum atomic E-state index is 13.6. The smallest absolute Gasteiger partial charge is 0.419 e. The Balaban J connectivity index is 1.65. The number of benzene rings is 2. The molecule has 0 heterocycles. The van der Waals surface area contributed by atoms with E-state index in [4.69, 9.17) is 9.47 Å². The largest absolute Gasteiger partial charge is 0.461 e. The highest BCUT2D eigenvalue weighted by Gasteiger charge is 2.33. The fourth-order valence-corrected chi connectivity index (χ4v) is 3.90. The Bertz CT molecular complexity index is 1070. The van der Waals surface area contributed by atoms with E-state index in [9.17, 15) is 27.2 Å². The summed E-state index contributed by atoms with van der Waals surface area (Å²) in [6, 6.07) is 8.38. The molecule has 2 aromatic carbocycles. The highest BCUT2D eigenvalue weighted by atomic mass is 19.4. The summed E-state index contributed by atoms with van der Waals surface area (Å²) in [5, 5.41) is 2.96. The van der Waals surface area contributed by atoms with Gasteiger partial charge in [0.25, 0.3) is 0 Å². The van der Waals surface area contributed by atoms with Crippen LogP contribution in [0.3, 0.4) is 0 Å². The summed E-state index contributed by atoms with van der Waals surface area (Å²) in [4.78, 5) is 26.1. The molecule has 0 aliphatic carbocycles. The van der Waals surface area contributed by atoms with Gasteiger partial charge in [-0.3, -0.25) is 9.59 Å². The van der Waals surface area contributed by atoms with Crippen LogP contribution < -0.4 is 10.2 Å². The number of hydrogen-bond donors (Lipinski definition) is 1. The predicted octanol–water partition coefficient (Wildman–Crippen LogP) is 7.25. The molecule has 2 rings (SSSR count). The van der Waals surface area contributed by atoms with E-state index in [1.54, 1.807) is 0 Å². The van der Waals surface area contributed by atoms with Crippen LogP contribution in [0.2, 0.25) is 0 Å². The van der Waals surface area contributed by atoms with Crippen LogP contribution in [0.15, 0.2) is 36.4 Å². The van der Waals surface area contributed by atoms with Gasteiger partial charge in [-0.05, 0) is 54.7 Å². The van der Waals surface area contributed by atoms with Crippen molar-refractivity contribution in [1.29, 1.82) is 0 Å². The Morgan fingerprint density at radius 1 is 0.897 bits per heavy atom. The number of nitrogens with one attached hydrogen (secondary N) is 1. The first-order chi connectivity index (χ1) is 18.5. The average molecular weight is 555 g/mol. The molecule has 0 aliphatic heterocycles. The Hall–Kier alpha value is -3.14. The number of rotatable bonds is 16. The number of alkyl halides is 3. The second kappa shape index (κ2) is 16.1. The topological polar surface area (TPSA) is 67.9 Å². The zero-order valence-electron chi connectivity index (χ0n) is 22.8. The van der Waals surface area contributed by atoms with Crippen LogP contribution in [-0.2, 0) is 38.5 Å². The monoisotopic (exact) mass is 554 g/mol. The maximum absolute atomic E-state index is 13.6. The number of esters is 1. The van der Waals surface area contributed by atoms with Gasteiger partial charge < -0.3 is 19.7 Å². The van der Waals surface area contributed by atoms with Crippen LogP contribution in [0.4, 0.5) is 28.9 Å². The minimum absolute atomic E-state index is 0.0482. The Morgan fingerprint density at radius 2 is 1.56 bits per heavy atom. The number of carbonyl (C=O) groups is 2. The summed E-state index contributed by atoms with van der Waals surface area (Å²) >= 11 is 0. The van der Waals surface area contributed by atoms with Gasteiger partial charge in [-0.2, -0.15) is 13.2 Å². The van der Waals surface area contributed by atoms with Crippen molar-refractivity contribution in [3.8, 4) is 0 Å². The van der Waals surface area contributed by atoms with Gasteiger partial charge in [0.05, 0.1) is 23.5 Å². The van der Waals surface area contributed by atoms with Crippen molar-refractivity contribution in [3.05, 3.63) is 58.9 Å². The zero-order chi connectivity index (χ0) is 28.8. The highest BCUT2D eigenvalue weighted by Crippen LogP contribution is 2.31. The van der Waals surface area contributed by atoms with E-state index >= 15 is 0 Å². The molecular formula is C29H38F4N2O4. The van der Waals surface area contributed by atoms with E-state index in [2.05, 4.69) is 5.32 Å². The third kappa shape index (κ3) is 11.6. The van der Waals surface area contributed by atoms with E-state index in [0.717, 1.165) is 61.9 Å². The first-order valence-electron chi connectivity index (χ1n) is 13.2. The molecule has 1 N–H and O–H groups in total. The molecule has 0 saturated carbocycles. The van der Waals surface area contributed by atoms with Crippen molar-refractivity contribution >= 4 is 23.3 Å². The molecular weight excluding hydrogens is 516 g/mol. The molecule has 0 spiro atoms. The van der Waals surface area contributed by atoms with Gasteiger partial charge in [-0.1, -0.05) is 38.3 Å². The summed E-state index contributed by atoms with van der Waals surface area (Å²) in [5.41, 5.74) is 1.39. The fraction of sp³-hybridized carbons (Fsp3) is 0.517. The van der Waals surface area contributed by atoms with E-state index in [0.29, 0.717) is 30.7 Å². The molecule has 216 valence electrons. The van der Waals surface area contributed by atoms with Crippen molar-refractivity contribution in [2.24, 2.45) is 0 Å². The molecule has 0 aliphatic rings. The molecule has 0 fully saturated rings. The van der Waals surface area contributed by atoms with Crippen molar-refractivity contribution in [1.82, 2.24) is 0 Å². The number of halogens is 4. The van der Waals surface area contributed by atoms with Crippen LogP contribution >= 0.6 is 0 Å². The Labute approximate surface area is 227 Å². The van der Waals surface area contributed by atoms with Crippen molar-refractivity contribution < 1.29 is 36.6 Å². The van der Waals surface area contributed by atoms with Crippen LogP contribution in [-0.4, -0.2) is 32.6 Å². The van der Waals surface area contributed by atoms with E-state index in [1.165, 1.54) is 6.07 Å². The maximum Gasteiger partial charge on any atom is 0.419 e. The lowest BCUT2D eigenvalue weighted by molar-refractivity contribution is -0.145. The number of carbonyl (C=O) groups excluding carboxylic acids is 2. The molecule has 0 saturated heterocycles. The summed E-state index contributed by atoms with van der Waals surface area (Å²) in [7, 11) is 3.77. The van der Waals surface area contributed by atoms with Crippen molar-refractivity contribution in [2.45, 2.75) is 77.7 Å². The highest BCUT2D eigenvalue weighted by molar-refractivity contribution is 5.94. The number of nitrogens with zero attached hydrogens (tertiary/aromatic N) is 1.